The van der Waals surface area contributed by atoms with Gasteiger partial charge in [0, 0.05) is 48.8 Å². The number of likely N-dealkylation sites (tertiary alicyclic amines) is 1. The normalized spacial score (nSPS) is 15.8. The molecule has 4 rings (SSSR count). The lowest BCUT2D eigenvalue weighted by Gasteiger charge is -2.39. The lowest BCUT2D eigenvalue weighted by molar-refractivity contribution is 0.0142. The van der Waals surface area contributed by atoms with Crippen molar-refractivity contribution in [2.45, 2.75) is 64.1 Å². The summed E-state index contributed by atoms with van der Waals surface area (Å²) in [6.45, 7) is 13.4. The number of carbonyl (C=O) groups excluding carboxylic acids is 3. The Labute approximate surface area is 244 Å². The molecule has 1 aromatic heterocycles. The number of aliphatic hydroxyl groups is 1. The average molecular weight is 578 g/mol. The molecule has 2 N–H and O–H groups in total. The zero-order chi connectivity index (χ0) is 30.6. The van der Waals surface area contributed by atoms with Crippen molar-refractivity contribution in [2.24, 2.45) is 0 Å². The summed E-state index contributed by atoms with van der Waals surface area (Å²) < 4.78 is 20.3. The van der Waals surface area contributed by atoms with Gasteiger partial charge in [-0.1, -0.05) is 19.2 Å². The highest BCUT2D eigenvalue weighted by molar-refractivity contribution is 5.96. The van der Waals surface area contributed by atoms with E-state index < -0.39 is 17.3 Å². The Morgan fingerprint density at radius 3 is 2.24 bits per heavy atom. The first-order valence-electron chi connectivity index (χ1n) is 13.8. The van der Waals surface area contributed by atoms with Gasteiger partial charge in [0.2, 0.25) is 0 Å². The fourth-order valence-electron chi connectivity index (χ4n) is 4.66. The molecule has 2 heterocycles. The molecule has 1 aliphatic heterocycles. The highest BCUT2D eigenvalue weighted by atomic mass is 19.1. The smallest absolute Gasteiger partial charge is 0.410 e. The van der Waals surface area contributed by atoms with E-state index in [0.29, 0.717) is 37.1 Å². The number of aliphatic hydroxyl groups excluding tert-OH is 1. The third kappa shape index (κ3) is 7.80. The van der Waals surface area contributed by atoms with Crippen molar-refractivity contribution in [3.05, 3.63) is 84.3 Å². The van der Waals surface area contributed by atoms with Crippen LogP contribution in [0.2, 0.25) is 0 Å². The number of halogens is 1. The second-order valence-electron chi connectivity index (χ2n) is 11.4. The van der Waals surface area contributed by atoms with Crippen LogP contribution in [-0.4, -0.2) is 73.6 Å². The minimum atomic E-state index is -0.783. The SMILES string of the molecule is C=C(O)/C=C\C(=C)NC(=O)c1ccc(-c2ncc(C(=O)N(C3CC3)C3CCN(C(=O)OC(C)(C)C)CC3)cn2)cc1F. The Morgan fingerprint density at radius 2 is 1.69 bits per heavy atom. The standard InChI is InChI=1S/C31H36FN5O5/c1-19(6-7-20(2)38)35-28(39)25-11-8-21(16-26(25)32)27-33-17-22(18-34-27)29(40)37(23-9-10-23)24-12-14-36(15-13-24)30(41)42-31(3,4)5/h6-8,11,16-18,23-24,38H,1-2,9-10,12-15H2,3-5H3,(H,35,39)/b7-6-. The van der Waals surface area contributed by atoms with Crippen molar-refractivity contribution in [3.8, 4) is 11.4 Å². The van der Waals surface area contributed by atoms with Crippen molar-refractivity contribution in [3.63, 3.8) is 0 Å². The highest BCUT2D eigenvalue weighted by Crippen LogP contribution is 2.33. The first-order valence-corrected chi connectivity index (χ1v) is 13.8. The molecule has 1 saturated heterocycles. The van der Waals surface area contributed by atoms with Crippen molar-refractivity contribution in [1.82, 2.24) is 25.1 Å². The van der Waals surface area contributed by atoms with E-state index in [2.05, 4.69) is 28.4 Å². The van der Waals surface area contributed by atoms with E-state index in [9.17, 15) is 18.8 Å². The van der Waals surface area contributed by atoms with E-state index in [4.69, 9.17) is 9.84 Å². The zero-order valence-electron chi connectivity index (χ0n) is 24.1. The molecule has 0 atom stereocenters. The van der Waals surface area contributed by atoms with Crippen LogP contribution in [0.15, 0.2) is 67.4 Å². The predicted molar refractivity (Wildman–Crippen MR) is 155 cm³/mol. The molecule has 0 unspecified atom stereocenters. The Bertz CT molecular complexity index is 1400. The maximum absolute atomic E-state index is 14.8. The number of nitrogens with zero attached hydrogens (tertiary/aromatic N) is 4. The van der Waals surface area contributed by atoms with E-state index in [-0.39, 0.29) is 46.9 Å². The number of piperidine rings is 1. The van der Waals surface area contributed by atoms with Crippen LogP contribution in [0.1, 0.15) is 67.2 Å². The van der Waals surface area contributed by atoms with Crippen molar-refractivity contribution in [1.29, 1.82) is 0 Å². The third-order valence-corrected chi connectivity index (χ3v) is 6.81. The van der Waals surface area contributed by atoms with Crippen LogP contribution in [0.3, 0.4) is 0 Å². The van der Waals surface area contributed by atoms with Gasteiger partial charge in [0.25, 0.3) is 11.8 Å². The number of amides is 3. The molecule has 0 radical (unpaired) electrons. The lowest BCUT2D eigenvalue weighted by atomic mass is 10.0. The summed E-state index contributed by atoms with van der Waals surface area (Å²) in [6, 6.07) is 4.11. The molecule has 222 valence electrons. The Kier molecular flexibility index (Phi) is 9.08. The van der Waals surface area contributed by atoms with Gasteiger partial charge in [-0.2, -0.15) is 0 Å². The Balaban J connectivity index is 1.40. The molecule has 42 heavy (non-hydrogen) atoms. The molecule has 2 aliphatic rings. The van der Waals surface area contributed by atoms with Crippen LogP contribution < -0.4 is 5.32 Å². The molecule has 1 aliphatic carbocycles. The molecule has 2 fully saturated rings. The molecule has 1 saturated carbocycles. The number of nitrogens with one attached hydrogen (secondary N) is 1. The Hall–Kier alpha value is -4.54. The van der Waals surface area contributed by atoms with Crippen LogP contribution in [0.25, 0.3) is 11.4 Å². The third-order valence-electron chi connectivity index (χ3n) is 6.81. The topological polar surface area (TPSA) is 125 Å². The number of aromatic nitrogens is 2. The lowest BCUT2D eigenvalue weighted by Crippen LogP contribution is -2.50. The van der Waals surface area contributed by atoms with Crippen LogP contribution >= 0.6 is 0 Å². The van der Waals surface area contributed by atoms with E-state index >= 15 is 0 Å². The largest absolute Gasteiger partial charge is 0.509 e. The van der Waals surface area contributed by atoms with Gasteiger partial charge in [-0.25, -0.2) is 19.2 Å². The summed E-state index contributed by atoms with van der Waals surface area (Å²) in [7, 11) is 0. The second kappa shape index (κ2) is 12.5. The van der Waals surface area contributed by atoms with Gasteiger partial charge in [-0.05, 0) is 70.7 Å². The van der Waals surface area contributed by atoms with Gasteiger partial charge in [-0.15, -0.1) is 0 Å². The van der Waals surface area contributed by atoms with Crippen LogP contribution in [0.5, 0.6) is 0 Å². The molecule has 3 amide bonds. The van der Waals surface area contributed by atoms with E-state index in [1.54, 1.807) is 4.90 Å². The van der Waals surface area contributed by atoms with Gasteiger partial charge in [0.1, 0.15) is 17.2 Å². The van der Waals surface area contributed by atoms with Gasteiger partial charge in [-0.3, -0.25) is 9.59 Å². The summed E-state index contributed by atoms with van der Waals surface area (Å²) in [5.41, 5.74) is 0.0428. The average Bonchev–Trinajstić information content (AvgIpc) is 3.76. The second-order valence-corrected chi connectivity index (χ2v) is 11.4. The maximum Gasteiger partial charge on any atom is 0.410 e. The van der Waals surface area contributed by atoms with Crippen molar-refractivity contribution >= 4 is 17.9 Å². The van der Waals surface area contributed by atoms with Gasteiger partial charge in [0.05, 0.1) is 11.1 Å². The fourth-order valence-corrected chi connectivity index (χ4v) is 4.66. The van der Waals surface area contributed by atoms with Crippen molar-refractivity contribution in [2.75, 3.05) is 13.1 Å². The van der Waals surface area contributed by atoms with Crippen LogP contribution in [-0.2, 0) is 4.74 Å². The maximum atomic E-state index is 14.8. The summed E-state index contributed by atoms with van der Waals surface area (Å²) in [4.78, 5) is 50.6. The Morgan fingerprint density at radius 1 is 1.07 bits per heavy atom. The number of hydrogen-bond acceptors (Lipinski definition) is 7. The quantitative estimate of drug-likeness (QED) is 0.328. The number of hydrogen-bond donors (Lipinski definition) is 2. The first-order chi connectivity index (χ1) is 19.8. The predicted octanol–water partition coefficient (Wildman–Crippen LogP) is 5.16. The fraction of sp³-hybridized carbons (Fsp3) is 0.387. The monoisotopic (exact) mass is 577 g/mol. The van der Waals surface area contributed by atoms with E-state index in [1.807, 2.05) is 25.7 Å². The van der Waals surface area contributed by atoms with Gasteiger partial charge >= 0.3 is 6.09 Å². The van der Waals surface area contributed by atoms with Gasteiger partial charge in [0.15, 0.2) is 5.82 Å². The molecule has 0 bridgehead atoms. The molecule has 2 aromatic rings. The van der Waals surface area contributed by atoms with Crippen molar-refractivity contribution < 1.29 is 28.6 Å². The van der Waals surface area contributed by atoms with Gasteiger partial charge < -0.3 is 25.0 Å². The molecule has 1 aromatic carbocycles. The first kappa shape index (κ1) is 30.4. The molecule has 11 heteroatoms. The minimum Gasteiger partial charge on any atom is -0.509 e. The van der Waals surface area contributed by atoms with Crippen LogP contribution in [0, 0.1) is 5.82 Å². The summed E-state index contributed by atoms with van der Waals surface area (Å²) in [5, 5.41) is 11.5. The minimum absolute atomic E-state index is 0.00909. The summed E-state index contributed by atoms with van der Waals surface area (Å²) in [5.74, 6) is -1.67. The van der Waals surface area contributed by atoms with E-state index in [0.717, 1.165) is 18.9 Å². The summed E-state index contributed by atoms with van der Waals surface area (Å²) in [6.07, 6.45) is 8.26. The molecule has 10 nitrogen and oxygen atoms in total. The zero-order valence-corrected chi connectivity index (χ0v) is 24.1. The number of carbonyl (C=O) groups is 3. The molecular formula is C31H36FN5O5. The number of ether oxygens (including phenoxy) is 1. The van der Waals surface area contributed by atoms with E-state index in [1.165, 1.54) is 36.7 Å². The highest BCUT2D eigenvalue weighted by Gasteiger charge is 2.40. The molecule has 0 spiro atoms. The summed E-state index contributed by atoms with van der Waals surface area (Å²) >= 11 is 0. The molecular weight excluding hydrogens is 541 g/mol. The van der Waals surface area contributed by atoms with Crippen LogP contribution in [0.4, 0.5) is 9.18 Å². The number of benzene rings is 1. The number of rotatable bonds is 8. The number of allylic oxidation sites excluding steroid dienone is 2.